The van der Waals surface area contributed by atoms with Crippen molar-refractivity contribution in [3.05, 3.63) is 52.5 Å². The highest BCUT2D eigenvalue weighted by Crippen LogP contribution is 2.35. The monoisotopic (exact) mass is 318 g/mol. The van der Waals surface area contributed by atoms with E-state index in [-0.39, 0.29) is 5.91 Å². The highest BCUT2D eigenvalue weighted by molar-refractivity contribution is 7.98. The fraction of sp³-hybridized carbons (Fsp3) is 0.188. The number of amides is 1. The van der Waals surface area contributed by atoms with Crippen LogP contribution in [0.25, 0.3) is 0 Å². The smallest absolute Gasteiger partial charge is 0.224 e. The number of hydrogen-bond donors (Lipinski definition) is 2. The minimum atomic E-state index is 0.0642. The molecule has 0 fully saturated rings. The van der Waals surface area contributed by atoms with Crippen molar-refractivity contribution < 1.29 is 4.79 Å². The van der Waals surface area contributed by atoms with E-state index in [9.17, 15) is 4.79 Å². The summed E-state index contributed by atoms with van der Waals surface area (Å²) < 4.78 is 0. The van der Waals surface area contributed by atoms with Gasteiger partial charge < -0.3 is 11.1 Å². The van der Waals surface area contributed by atoms with Crippen LogP contribution in [-0.2, 0) is 17.0 Å². The van der Waals surface area contributed by atoms with Crippen molar-refractivity contribution in [1.82, 2.24) is 0 Å². The van der Waals surface area contributed by atoms with Crippen LogP contribution in [0, 0.1) is 0 Å². The summed E-state index contributed by atoms with van der Waals surface area (Å²) in [6.07, 6.45) is 1.28. The second-order valence-corrected chi connectivity index (χ2v) is 6.40. The number of carbonyl (C=O) groups is 1. The van der Waals surface area contributed by atoms with E-state index in [1.165, 1.54) is 0 Å². The molecule has 1 aliphatic heterocycles. The summed E-state index contributed by atoms with van der Waals surface area (Å²) in [6.45, 7) is 0. The highest BCUT2D eigenvalue weighted by Gasteiger charge is 2.17. The fourth-order valence-corrected chi connectivity index (χ4v) is 3.60. The number of halogens is 1. The maximum Gasteiger partial charge on any atom is 0.224 e. The Balaban J connectivity index is 1.81. The number of nitrogen functional groups attached to an aromatic ring is 1. The Morgan fingerprint density at radius 3 is 2.86 bits per heavy atom. The number of carbonyl (C=O) groups excluding carboxylic acids is 1. The van der Waals surface area contributed by atoms with Gasteiger partial charge in [0.2, 0.25) is 5.91 Å². The SMILES string of the molecule is Nc1cc2c(cc1SCc1ccccc1Cl)NC(=O)CC2. The van der Waals surface area contributed by atoms with Gasteiger partial charge in [-0.3, -0.25) is 4.79 Å². The van der Waals surface area contributed by atoms with Crippen LogP contribution in [0.15, 0.2) is 41.3 Å². The standard InChI is InChI=1S/C16H15ClN2OS/c17-12-4-2-1-3-11(12)9-21-15-8-14-10(7-13(15)18)5-6-16(20)19-14/h1-4,7-8H,5-6,9,18H2,(H,19,20). The molecule has 5 heteroatoms. The molecular formula is C16H15ClN2OS. The molecule has 1 heterocycles. The summed E-state index contributed by atoms with van der Waals surface area (Å²) in [6, 6.07) is 11.7. The van der Waals surface area contributed by atoms with Gasteiger partial charge in [-0.05, 0) is 35.7 Å². The topological polar surface area (TPSA) is 55.1 Å². The quantitative estimate of drug-likeness (QED) is 0.661. The number of nitrogens with two attached hydrogens (primary N) is 1. The third-order valence-corrected chi connectivity index (χ3v) is 4.96. The zero-order chi connectivity index (χ0) is 14.8. The highest BCUT2D eigenvalue weighted by atomic mass is 35.5. The van der Waals surface area contributed by atoms with Gasteiger partial charge in [0.15, 0.2) is 0 Å². The average molecular weight is 319 g/mol. The van der Waals surface area contributed by atoms with Crippen molar-refractivity contribution in [2.75, 3.05) is 11.1 Å². The van der Waals surface area contributed by atoms with Crippen LogP contribution in [0.3, 0.4) is 0 Å². The largest absolute Gasteiger partial charge is 0.398 e. The molecule has 0 aliphatic carbocycles. The minimum absolute atomic E-state index is 0.0642. The summed E-state index contributed by atoms with van der Waals surface area (Å²) in [5, 5.41) is 3.66. The molecule has 2 aromatic rings. The summed E-state index contributed by atoms with van der Waals surface area (Å²) in [7, 11) is 0. The summed E-state index contributed by atoms with van der Waals surface area (Å²) >= 11 is 7.79. The van der Waals surface area contributed by atoms with E-state index in [1.807, 2.05) is 36.4 Å². The van der Waals surface area contributed by atoms with Crippen LogP contribution in [0.5, 0.6) is 0 Å². The molecule has 0 saturated carbocycles. The molecule has 0 saturated heterocycles. The van der Waals surface area contributed by atoms with Gasteiger partial charge in [-0.25, -0.2) is 0 Å². The third kappa shape index (κ3) is 3.17. The number of rotatable bonds is 3. The van der Waals surface area contributed by atoms with Gasteiger partial charge in [0.1, 0.15) is 0 Å². The van der Waals surface area contributed by atoms with E-state index in [1.54, 1.807) is 11.8 Å². The molecular weight excluding hydrogens is 304 g/mol. The number of benzene rings is 2. The van der Waals surface area contributed by atoms with Crippen molar-refractivity contribution in [1.29, 1.82) is 0 Å². The number of hydrogen-bond acceptors (Lipinski definition) is 3. The molecule has 21 heavy (non-hydrogen) atoms. The lowest BCUT2D eigenvalue weighted by atomic mass is 10.0. The molecule has 3 rings (SSSR count). The van der Waals surface area contributed by atoms with Crippen molar-refractivity contribution in [2.45, 2.75) is 23.5 Å². The first-order valence-electron chi connectivity index (χ1n) is 6.72. The molecule has 3 nitrogen and oxygen atoms in total. The van der Waals surface area contributed by atoms with Gasteiger partial charge in [0.25, 0.3) is 0 Å². The number of anilines is 2. The van der Waals surface area contributed by atoms with Crippen molar-refractivity contribution in [2.24, 2.45) is 0 Å². The van der Waals surface area contributed by atoms with Gasteiger partial charge in [-0.1, -0.05) is 29.8 Å². The van der Waals surface area contributed by atoms with Gasteiger partial charge in [0.05, 0.1) is 0 Å². The molecule has 1 amide bonds. The van der Waals surface area contributed by atoms with Crippen molar-refractivity contribution in [3.8, 4) is 0 Å². The summed E-state index contributed by atoms with van der Waals surface area (Å²) in [5.41, 5.74) is 9.92. The molecule has 1 aliphatic rings. The van der Waals surface area contributed by atoms with E-state index < -0.39 is 0 Å². The zero-order valence-electron chi connectivity index (χ0n) is 11.4. The van der Waals surface area contributed by atoms with Gasteiger partial charge in [-0.2, -0.15) is 0 Å². The zero-order valence-corrected chi connectivity index (χ0v) is 12.9. The predicted octanol–water partition coefficient (Wildman–Crippen LogP) is 4.10. The van der Waals surface area contributed by atoms with Crippen LogP contribution in [0.2, 0.25) is 5.02 Å². The van der Waals surface area contributed by atoms with E-state index >= 15 is 0 Å². The molecule has 0 aromatic heterocycles. The van der Waals surface area contributed by atoms with Crippen molar-refractivity contribution >= 4 is 40.6 Å². The first-order chi connectivity index (χ1) is 10.1. The Bertz CT molecular complexity index is 703. The van der Waals surface area contributed by atoms with Gasteiger partial charge >= 0.3 is 0 Å². The van der Waals surface area contributed by atoms with Crippen LogP contribution in [0.1, 0.15) is 17.5 Å². The molecule has 3 N–H and O–H groups in total. The number of nitrogens with one attached hydrogen (secondary N) is 1. The number of fused-ring (bicyclic) bond motifs is 1. The summed E-state index contributed by atoms with van der Waals surface area (Å²) in [5.74, 6) is 0.811. The number of thioether (sulfide) groups is 1. The van der Waals surface area contributed by atoms with E-state index in [4.69, 9.17) is 17.3 Å². The van der Waals surface area contributed by atoms with Crippen LogP contribution in [-0.4, -0.2) is 5.91 Å². The Morgan fingerprint density at radius 1 is 1.24 bits per heavy atom. The maximum absolute atomic E-state index is 11.5. The lowest BCUT2D eigenvalue weighted by Gasteiger charge is -2.19. The molecule has 0 radical (unpaired) electrons. The summed E-state index contributed by atoms with van der Waals surface area (Å²) in [4.78, 5) is 12.4. The van der Waals surface area contributed by atoms with Crippen LogP contribution in [0.4, 0.5) is 11.4 Å². The van der Waals surface area contributed by atoms with E-state index in [2.05, 4.69) is 5.32 Å². The molecule has 108 valence electrons. The molecule has 0 unspecified atom stereocenters. The maximum atomic E-state index is 11.5. The second-order valence-electron chi connectivity index (χ2n) is 4.98. The Hall–Kier alpha value is -1.65. The first-order valence-corrected chi connectivity index (χ1v) is 8.08. The third-order valence-electron chi connectivity index (χ3n) is 3.47. The molecule has 2 aromatic carbocycles. The molecule has 0 atom stereocenters. The Morgan fingerprint density at radius 2 is 2.05 bits per heavy atom. The van der Waals surface area contributed by atoms with Gasteiger partial charge in [0, 0.05) is 33.5 Å². The van der Waals surface area contributed by atoms with Crippen molar-refractivity contribution in [3.63, 3.8) is 0 Å². The first kappa shape index (κ1) is 14.3. The fourth-order valence-electron chi connectivity index (χ4n) is 2.32. The average Bonchev–Trinajstić information content (AvgIpc) is 2.47. The molecule has 0 bridgehead atoms. The predicted molar refractivity (Wildman–Crippen MR) is 88.8 cm³/mol. The normalized spacial score (nSPS) is 13.7. The van der Waals surface area contributed by atoms with Crippen LogP contribution < -0.4 is 11.1 Å². The number of aryl methyl sites for hydroxylation is 1. The second kappa shape index (κ2) is 6.00. The lowest BCUT2D eigenvalue weighted by Crippen LogP contribution is -2.19. The molecule has 0 spiro atoms. The van der Waals surface area contributed by atoms with E-state index in [0.717, 1.165) is 44.6 Å². The van der Waals surface area contributed by atoms with Crippen LogP contribution >= 0.6 is 23.4 Å². The Kier molecular flexibility index (Phi) is 4.08. The minimum Gasteiger partial charge on any atom is -0.398 e. The van der Waals surface area contributed by atoms with Gasteiger partial charge in [-0.15, -0.1) is 11.8 Å². The Labute approximate surface area is 132 Å². The van der Waals surface area contributed by atoms with E-state index in [0.29, 0.717) is 6.42 Å². The lowest BCUT2D eigenvalue weighted by molar-refractivity contribution is -0.116.